The zero-order chi connectivity index (χ0) is 11.2. The molecule has 0 saturated carbocycles. The Kier molecular flexibility index (Phi) is 4.16. The Morgan fingerprint density at radius 3 is 1.62 bits per heavy atom. The lowest BCUT2D eigenvalue weighted by molar-refractivity contribution is 0.654. The molecule has 0 spiro atoms. The molecule has 2 aromatic rings. The van der Waals surface area contributed by atoms with E-state index >= 15 is 0 Å². The van der Waals surface area contributed by atoms with E-state index in [-0.39, 0.29) is 0 Å². The first kappa shape index (κ1) is 11.4. The Morgan fingerprint density at radius 2 is 1.25 bits per heavy atom. The average molecular weight is 240 g/mol. The fourth-order valence-corrected chi connectivity index (χ4v) is 5.57. The SMILES string of the molecule is [B][SiH2]O[SiH](c1ccccc1)c1ccccc1. The molecule has 0 amide bonds. The minimum atomic E-state index is -1.51. The van der Waals surface area contributed by atoms with Crippen LogP contribution in [0.3, 0.4) is 0 Å². The van der Waals surface area contributed by atoms with E-state index in [9.17, 15) is 0 Å². The van der Waals surface area contributed by atoms with E-state index in [1.807, 2.05) is 12.1 Å². The molecule has 2 rings (SSSR count). The Morgan fingerprint density at radius 1 is 0.812 bits per heavy atom. The van der Waals surface area contributed by atoms with E-state index in [0.29, 0.717) is 0 Å². The normalized spacial score (nSPS) is 11.3. The molecule has 0 aliphatic rings. The third kappa shape index (κ3) is 2.72. The first-order valence-electron chi connectivity index (χ1n) is 5.33. The molecule has 0 fully saturated rings. The van der Waals surface area contributed by atoms with Gasteiger partial charge in [0.2, 0.25) is 9.04 Å². The number of rotatable bonds is 4. The summed E-state index contributed by atoms with van der Waals surface area (Å²) in [6, 6.07) is 20.8. The molecule has 0 aliphatic heterocycles. The quantitative estimate of drug-likeness (QED) is 0.667. The molecule has 0 bridgehead atoms. The van der Waals surface area contributed by atoms with Crippen LogP contribution >= 0.6 is 0 Å². The molecule has 1 nitrogen and oxygen atoms in total. The van der Waals surface area contributed by atoms with Gasteiger partial charge in [0.25, 0.3) is 0 Å². The Balaban J connectivity index is 2.31. The third-order valence-corrected chi connectivity index (χ3v) is 6.55. The summed E-state index contributed by atoms with van der Waals surface area (Å²) in [5.41, 5.74) is 0. The molecular formula is C12H13BOSi2. The predicted molar refractivity (Wildman–Crippen MR) is 74.7 cm³/mol. The van der Waals surface area contributed by atoms with Gasteiger partial charge < -0.3 is 4.12 Å². The van der Waals surface area contributed by atoms with Gasteiger partial charge in [-0.15, -0.1) is 0 Å². The Hall–Kier alpha value is -1.10. The van der Waals surface area contributed by atoms with Crippen molar-refractivity contribution in [1.29, 1.82) is 0 Å². The minimum absolute atomic E-state index is 0.859. The van der Waals surface area contributed by atoms with E-state index in [0.717, 1.165) is 0 Å². The zero-order valence-electron chi connectivity index (χ0n) is 9.04. The van der Waals surface area contributed by atoms with Crippen molar-refractivity contribution in [1.82, 2.24) is 0 Å². The van der Waals surface area contributed by atoms with Gasteiger partial charge in [0, 0.05) is 0 Å². The van der Waals surface area contributed by atoms with Crippen molar-refractivity contribution in [2.75, 3.05) is 0 Å². The van der Waals surface area contributed by atoms with Crippen molar-refractivity contribution in [3.63, 3.8) is 0 Å². The molecule has 2 aromatic carbocycles. The van der Waals surface area contributed by atoms with Crippen LogP contribution in [0.4, 0.5) is 0 Å². The Labute approximate surface area is 101 Å². The van der Waals surface area contributed by atoms with Crippen LogP contribution in [0.25, 0.3) is 0 Å². The van der Waals surface area contributed by atoms with Crippen molar-refractivity contribution in [2.45, 2.75) is 0 Å². The molecule has 0 heterocycles. The first-order valence-corrected chi connectivity index (χ1v) is 8.35. The summed E-state index contributed by atoms with van der Waals surface area (Å²) in [4.78, 5) is 0. The van der Waals surface area contributed by atoms with Crippen molar-refractivity contribution >= 4 is 36.5 Å². The number of hydrogen-bond acceptors (Lipinski definition) is 1. The molecule has 2 radical (unpaired) electrons. The fourth-order valence-electron chi connectivity index (χ4n) is 1.74. The topological polar surface area (TPSA) is 9.23 Å². The lowest BCUT2D eigenvalue weighted by Gasteiger charge is -2.16. The summed E-state index contributed by atoms with van der Waals surface area (Å²) in [6.07, 6.45) is 0. The van der Waals surface area contributed by atoms with Crippen LogP contribution < -0.4 is 10.4 Å². The van der Waals surface area contributed by atoms with Gasteiger partial charge >= 0.3 is 0 Å². The largest absolute Gasteiger partial charge is 0.464 e. The van der Waals surface area contributed by atoms with E-state index in [1.165, 1.54) is 10.4 Å². The lowest BCUT2D eigenvalue weighted by atomic mass is 10.4. The maximum absolute atomic E-state index is 5.87. The fraction of sp³-hybridized carbons (Fsp3) is 0. The van der Waals surface area contributed by atoms with Gasteiger partial charge in [-0.3, -0.25) is 0 Å². The summed E-state index contributed by atoms with van der Waals surface area (Å²) in [5.74, 6) is 0. The molecule has 0 unspecified atom stereocenters. The second-order valence-electron chi connectivity index (χ2n) is 3.53. The predicted octanol–water partition coefficient (Wildman–Crippen LogP) is -0.292. The van der Waals surface area contributed by atoms with Crippen molar-refractivity contribution < 1.29 is 4.12 Å². The molecule has 4 heteroatoms. The van der Waals surface area contributed by atoms with Gasteiger partial charge in [0.05, 0.1) is 17.1 Å². The molecule has 16 heavy (non-hydrogen) atoms. The molecule has 0 aliphatic carbocycles. The second kappa shape index (κ2) is 5.84. The van der Waals surface area contributed by atoms with Gasteiger partial charge in [0.1, 0.15) is 0 Å². The average Bonchev–Trinajstić information content (AvgIpc) is 2.38. The van der Waals surface area contributed by atoms with E-state index < -0.39 is 18.7 Å². The molecule has 0 N–H and O–H groups in total. The highest BCUT2D eigenvalue weighted by atomic mass is 28.3. The summed E-state index contributed by atoms with van der Waals surface area (Å²) in [5, 5.41) is 2.60. The maximum atomic E-state index is 5.87. The smallest absolute Gasteiger partial charge is 0.227 e. The van der Waals surface area contributed by atoms with Gasteiger partial charge in [0.15, 0.2) is 0 Å². The van der Waals surface area contributed by atoms with Crippen LogP contribution in [-0.2, 0) is 4.12 Å². The van der Waals surface area contributed by atoms with Gasteiger partial charge in [-0.25, -0.2) is 0 Å². The van der Waals surface area contributed by atoms with Crippen molar-refractivity contribution in [3.8, 4) is 0 Å². The number of hydrogen-bond donors (Lipinski definition) is 0. The van der Waals surface area contributed by atoms with Crippen LogP contribution in [-0.4, -0.2) is 26.1 Å². The van der Waals surface area contributed by atoms with E-state index in [2.05, 4.69) is 48.5 Å². The van der Waals surface area contributed by atoms with Gasteiger partial charge in [-0.2, -0.15) is 0 Å². The van der Waals surface area contributed by atoms with Gasteiger partial charge in [-0.05, 0) is 10.4 Å². The summed E-state index contributed by atoms with van der Waals surface area (Å²) in [6.45, 7) is 0. The Bertz CT molecular complexity index is 382. The van der Waals surface area contributed by atoms with E-state index in [1.54, 1.807) is 0 Å². The van der Waals surface area contributed by atoms with Crippen LogP contribution in [0.1, 0.15) is 0 Å². The summed E-state index contributed by atoms with van der Waals surface area (Å²) < 4.78 is 5.87. The maximum Gasteiger partial charge on any atom is 0.227 e. The molecule has 0 saturated heterocycles. The third-order valence-electron chi connectivity index (χ3n) is 2.47. The van der Waals surface area contributed by atoms with Crippen LogP contribution in [0.15, 0.2) is 60.7 Å². The zero-order valence-corrected chi connectivity index (χ0v) is 11.6. The second-order valence-corrected chi connectivity index (χ2v) is 7.29. The minimum Gasteiger partial charge on any atom is -0.464 e. The van der Waals surface area contributed by atoms with Crippen LogP contribution in [0, 0.1) is 0 Å². The highest BCUT2D eigenvalue weighted by Gasteiger charge is 2.15. The van der Waals surface area contributed by atoms with Crippen molar-refractivity contribution in [3.05, 3.63) is 60.7 Å². The summed E-state index contributed by atoms with van der Waals surface area (Å²) in [7, 11) is 3.28. The van der Waals surface area contributed by atoms with Gasteiger partial charge in [-0.1, -0.05) is 60.7 Å². The molecule has 0 atom stereocenters. The molecule has 78 valence electrons. The van der Waals surface area contributed by atoms with Crippen molar-refractivity contribution in [2.24, 2.45) is 0 Å². The van der Waals surface area contributed by atoms with Crippen LogP contribution in [0.5, 0.6) is 0 Å². The van der Waals surface area contributed by atoms with Crippen LogP contribution in [0.2, 0.25) is 0 Å². The monoisotopic (exact) mass is 240 g/mol. The standard InChI is InChI=1S/C12H13BOSi2/c13-15-14-16(11-7-3-1-4-8-11)12-9-5-2-6-10-12/h1-10,16H,15H2. The lowest BCUT2D eigenvalue weighted by Crippen LogP contribution is -2.45. The molecule has 0 aromatic heterocycles. The first-order chi connectivity index (χ1) is 7.92. The molecular weight excluding hydrogens is 227 g/mol. The highest BCUT2D eigenvalue weighted by molar-refractivity contribution is 6.93. The summed E-state index contributed by atoms with van der Waals surface area (Å²) >= 11 is 0. The van der Waals surface area contributed by atoms with E-state index in [4.69, 9.17) is 11.6 Å². The highest BCUT2D eigenvalue weighted by Crippen LogP contribution is 1.93. The number of benzene rings is 2.